The highest BCUT2D eigenvalue weighted by Gasteiger charge is 2.43. The molecule has 234 valence electrons. The van der Waals surface area contributed by atoms with Gasteiger partial charge in [-0.1, -0.05) is 54.6 Å². The van der Waals surface area contributed by atoms with Gasteiger partial charge < -0.3 is 9.80 Å². The zero-order chi connectivity index (χ0) is 33.2. The summed E-state index contributed by atoms with van der Waals surface area (Å²) in [6.45, 7) is 8.74. The van der Waals surface area contributed by atoms with Crippen LogP contribution in [0.15, 0.2) is 140 Å². The van der Waals surface area contributed by atoms with Crippen LogP contribution < -0.4 is 26.2 Å². The summed E-state index contributed by atoms with van der Waals surface area (Å²) in [7, 11) is 0. The minimum Gasteiger partial charge on any atom is -0.311 e. The Morgan fingerprint density at radius 1 is 0.429 bits per heavy atom. The molecule has 2 aliphatic rings. The fraction of sp³-hybridized carbons (Fsp3) is 0.0909. The SMILES string of the molecule is Cc1cc(C)cc(N2c3ccc(-c4ccccn4)cc3B3c4cc(-c5ccccn5)ccc4N(c4cc(C)cc(C)c4)c4cccc2c43)c1. The predicted octanol–water partition coefficient (Wildman–Crippen LogP) is 9.13. The zero-order valence-electron chi connectivity index (χ0n) is 28.1. The molecule has 0 bridgehead atoms. The molecule has 0 unspecified atom stereocenters. The van der Waals surface area contributed by atoms with E-state index >= 15 is 0 Å². The van der Waals surface area contributed by atoms with Gasteiger partial charge in [0.25, 0.3) is 6.71 Å². The predicted molar refractivity (Wildman–Crippen MR) is 206 cm³/mol. The van der Waals surface area contributed by atoms with E-state index in [1.165, 1.54) is 72.8 Å². The second-order valence-corrected chi connectivity index (χ2v) is 13.5. The number of aromatic nitrogens is 2. The quantitative estimate of drug-likeness (QED) is 0.182. The first-order valence-electron chi connectivity index (χ1n) is 16.9. The monoisotopic (exact) mass is 630 g/mol. The second kappa shape index (κ2) is 11.3. The highest BCUT2D eigenvalue weighted by atomic mass is 15.2. The third-order valence-corrected chi connectivity index (χ3v) is 9.84. The van der Waals surface area contributed by atoms with E-state index in [0.29, 0.717) is 0 Å². The normalized spacial score (nSPS) is 12.8. The Balaban J connectivity index is 1.38. The molecule has 0 amide bonds. The van der Waals surface area contributed by atoms with Crippen molar-refractivity contribution < 1.29 is 0 Å². The minimum atomic E-state index is -0.00663. The van der Waals surface area contributed by atoms with Crippen LogP contribution >= 0.6 is 0 Å². The maximum atomic E-state index is 4.76. The van der Waals surface area contributed by atoms with Crippen LogP contribution in [-0.4, -0.2) is 16.7 Å². The van der Waals surface area contributed by atoms with Crippen molar-refractivity contribution in [2.75, 3.05) is 9.80 Å². The first-order chi connectivity index (χ1) is 23.9. The molecular weight excluding hydrogens is 595 g/mol. The third kappa shape index (κ3) is 4.84. The number of hydrogen-bond acceptors (Lipinski definition) is 4. The molecule has 0 N–H and O–H groups in total. The summed E-state index contributed by atoms with van der Waals surface area (Å²) >= 11 is 0. The maximum Gasteiger partial charge on any atom is 0.252 e. The first-order valence-corrected chi connectivity index (χ1v) is 16.9. The molecule has 0 radical (unpaired) electrons. The van der Waals surface area contributed by atoms with E-state index in [2.05, 4.69) is 153 Å². The fourth-order valence-electron chi connectivity index (χ4n) is 8.05. The molecular formula is C44H35BN4. The zero-order valence-corrected chi connectivity index (χ0v) is 28.1. The Morgan fingerprint density at radius 3 is 1.29 bits per heavy atom. The highest BCUT2D eigenvalue weighted by Crippen LogP contribution is 2.45. The van der Waals surface area contributed by atoms with E-state index in [0.717, 1.165) is 22.5 Å². The smallest absolute Gasteiger partial charge is 0.252 e. The van der Waals surface area contributed by atoms with E-state index in [4.69, 9.17) is 9.97 Å². The highest BCUT2D eigenvalue weighted by molar-refractivity contribution is 7.00. The second-order valence-electron chi connectivity index (χ2n) is 13.5. The molecule has 0 aliphatic carbocycles. The van der Waals surface area contributed by atoms with E-state index in [1.807, 2.05) is 24.5 Å². The molecule has 7 aromatic rings. The summed E-state index contributed by atoms with van der Waals surface area (Å²) in [6, 6.07) is 46.6. The van der Waals surface area contributed by atoms with Gasteiger partial charge in [-0.05, 0) is 150 Å². The van der Waals surface area contributed by atoms with E-state index in [-0.39, 0.29) is 6.71 Å². The third-order valence-electron chi connectivity index (χ3n) is 9.84. The molecule has 4 nitrogen and oxygen atoms in total. The van der Waals surface area contributed by atoms with Crippen molar-refractivity contribution in [2.24, 2.45) is 0 Å². The first kappa shape index (κ1) is 29.2. The van der Waals surface area contributed by atoms with Gasteiger partial charge in [0, 0.05) is 46.5 Å². The molecule has 0 spiro atoms. The molecule has 0 saturated heterocycles. The Kier molecular flexibility index (Phi) is 6.77. The Bertz CT molecular complexity index is 2200. The van der Waals surface area contributed by atoms with Crippen LogP contribution in [0.1, 0.15) is 22.3 Å². The van der Waals surface area contributed by atoms with Crippen molar-refractivity contribution in [3.63, 3.8) is 0 Å². The number of benzene rings is 5. The van der Waals surface area contributed by atoms with Crippen LogP contribution in [-0.2, 0) is 0 Å². The molecule has 0 atom stereocenters. The Hall–Kier alpha value is -5.94. The van der Waals surface area contributed by atoms with Gasteiger partial charge in [-0.25, -0.2) is 0 Å². The summed E-state index contributed by atoms with van der Waals surface area (Å²) in [4.78, 5) is 14.5. The summed E-state index contributed by atoms with van der Waals surface area (Å²) in [5.74, 6) is 0. The summed E-state index contributed by atoms with van der Waals surface area (Å²) in [6.07, 6.45) is 3.75. The molecule has 0 fully saturated rings. The lowest BCUT2D eigenvalue weighted by Crippen LogP contribution is -2.61. The summed E-state index contributed by atoms with van der Waals surface area (Å²) in [5, 5.41) is 0. The van der Waals surface area contributed by atoms with Gasteiger partial charge in [0.2, 0.25) is 0 Å². The summed E-state index contributed by atoms with van der Waals surface area (Å²) in [5.41, 5.74) is 20.1. The van der Waals surface area contributed by atoms with Gasteiger partial charge in [-0.2, -0.15) is 0 Å². The van der Waals surface area contributed by atoms with E-state index in [9.17, 15) is 0 Å². The van der Waals surface area contributed by atoms with Gasteiger partial charge >= 0.3 is 0 Å². The standard InChI is InChI=1S/C44H35BN4/c1-28-20-29(2)23-34(22-28)48-40-16-14-32(38-10-5-7-18-46-38)26-36(40)45-37-27-33(39-11-6-8-19-47-39)15-17-41(37)49(35-24-30(3)21-31(4)25-35)43-13-9-12-42(48)44(43)45/h5-27H,1-4H3. The molecule has 5 aromatic carbocycles. The van der Waals surface area contributed by atoms with Gasteiger partial charge in [0.15, 0.2) is 0 Å². The van der Waals surface area contributed by atoms with Gasteiger partial charge in [0.05, 0.1) is 11.4 Å². The topological polar surface area (TPSA) is 32.3 Å². The van der Waals surface area contributed by atoms with Gasteiger partial charge in [-0.15, -0.1) is 0 Å². The number of hydrogen-bond donors (Lipinski definition) is 0. The van der Waals surface area contributed by atoms with Crippen molar-refractivity contribution in [1.82, 2.24) is 9.97 Å². The van der Waals surface area contributed by atoms with Crippen molar-refractivity contribution in [1.29, 1.82) is 0 Å². The van der Waals surface area contributed by atoms with Crippen molar-refractivity contribution >= 4 is 57.2 Å². The number of pyridine rings is 2. The fourth-order valence-corrected chi connectivity index (χ4v) is 8.05. The van der Waals surface area contributed by atoms with Crippen molar-refractivity contribution in [3.8, 4) is 22.5 Å². The van der Waals surface area contributed by atoms with Crippen LogP contribution in [0.5, 0.6) is 0 Å². The minimum absolute atomic E-state index is 0.00663. The van der Waals surface area contributed by atoms with Crippen molar-refractivity contribution in [3.05, 3.63) is 162 Å². The molecule has 0 saturated carbocycles. The van der Waals surface area contributed by atoms with Gasteiger partial charge in [0.1, 0.15) is 0 Å². The molecule has 2 aliphatic heterocycles. The van der Waals surface area contributed by atoms with Crippen LogP contribution in [0.3, 0.4) is 0 Å². The van der Waals surface area contributed by atoms with E-state index in [1.54, 1.807) is 0 Å². The maximum absolute atomic E-state index is 4.76. The average Bonchev–Trinajstić information content (AvgIpc) is 3.11. The largest absolute Gasteiger partial charge is 0.311 e. The van der Waals surface area contributed by atoms with E-state index < -0.39 is 0 Å². The Morgan fingerprint density at radius 2 is 0.878 bits per heavy atom. The average molecular weight is 631 g/mol. The van der Waals surface area contributed by atoms with Gasteiger partial charge in [-0.3, -0.25) is 9.97 Å². The Labute approximate surface area is 288 Å². The number of anilines is 6. The number of nitrogens with zero attached hydrogens (tertiary/aromatic N) is 4. The molecule has 2 aromatic heterocycles. The lowest BCUT2D eigenvalue weighted by molar-refractivity contribution is 1.23. The van der Waals surface area contributed by atoms with Crippen molar-refractivity contribution in [2.45, 2.75) is 27.7 Å². The number of aryl methyl sites for hydroxylation is 4. The molecule has 5 heteroatoms. The van der Waals surface area contributed by atoms with Crippen LogP contribution in [0.2, 0.25) is 0 Å². The number of fused-ring (bicyclic) bond motifs is 4. The molecule has 4 heterocycles. The van der Waals surface area contributed by atoms with Crippen LogP contribution in [0, 0.1) is 27.7 Å². The lowest BCUT2D eigenvalue weighted by Gasteiger charge is -2.44. The lowest BCUT2D eigenvalue weighted by atomic mass is 9.33. The number of rotatable bonds is 4. The molecule has 9 rings (SSSR count). The van der Waals surface area contributed by atoms with Crippen LogP contribution in [0.25, 0.3) is 22.5 Å². The molecule has 49 heavy (non-hydrogen) atoms. The summed E-state index contributed by atoms with van der Waals surface area (Å²) < 4.78 is 0. The van der Waals surface area contributed by atoms with Crippen LogP contribution in [0.4, 0.5) is 34.1 Å².